The molecule has 3 heterocycles. The zero-order valence-corrected chi connectivity index (χ0v) is 18.0. The number of likely N-dealkylation sites (tertiary alicyclic amines) is 1. The Morgan fingerprint density at radius 2 is 2.16 bits per heavy atom. The normalized spacial score (nSPS) is 15.7. The lowest BCUT2D eigenvalue weighted by atomic mass is 10.1. The van der Waals surface area contributed by atoms with Crippen LogP contribution in [0.25, 0.3) is 16.6 Å². The summed E-state index contributed by atoms with van der Waals surface area (Å²) in [6, 6.07) is 9.04. The van der Waals surface area contributed by atoms with Gasteiger partial charge in [-0.2, -0.15) is 5.10 Å². The lowest BCUT2D eigenvalue weighted by molar-refractivity contribution is -0.128. The van der Waals surface area contributed by atoms with Crippen molar-refractivity contribution >= 4 is 40.2 Å². The number of fused-ring (bicyclic) bond motifs is 1. The fraction of sp³-hybridized carbons (Fsp3) is 0.273. The number of nitrogens with zero attached hydrogens (tertiary/aromatic N) is 4. The number of nitrogens with one attached hydrogen (secondary N) is 1. The van der Waals surface area contributed by atoms with E-state index in [-0.39, 0.29) is 22.7 Å². The van der Waals surface area contributed by atoms with Crippen molar-refractivity contribution in [2.45, 2.75) is 6.42 Å². The van der Waals surface area contributed by atoms with Crippen molar-refractivity contribution < 1.29 is 14.3 Å². The quantitative estimate of drug-likeness (QED) is 0.385. The van der Waals surface area contributed by atoms with Gasteiger partial charge in [-0.05, 0) is 24.6 Å². The third-order valence-electron chi connectivity index (χ3n) is 5.16. The summed E-state index contributed by atoms with van der Waals surface area (Å²) in [6.45, 7) is 0.719. The lowest BCUT2D eigenvalue weighted by Crippen LogP contribution is -2.21. The second kappa shape index (κ2) is 8.28. The van der Waals surface area contributed by atoms with E-state index in [0.29, 0.717) is 22.4 Å². The Labute approximate surface area is 184 Å². The first kappa shape index (κ1) is 20.7. The van der Waals surface area contributed by atoms with E-state index < -0.39 is 5.97 Å². The maximum absolute atomic E-state index is 12.4. The van der Waals surface area contributed by atoms with Gasteiger partial charge in [0.1, 0.15) is 16.9 Å². The van der Waals surface area contributed by atoms with Gasteiger partial charge in [0.15, 0.2) is 5.69 Å². The van der Waals surface area contributed by atoms with Crippen molar-refractivity contribution in [1.29, 1.82) is 0 Å². The van der Waals surface area contributed by atoms with E-state index in [9.17, 15) is 9.59 Å². The molecule has 158 valence electrons. The summed E-state index contributed by atoms with van der Waals surface area (Å²) in [5.41, 5.74) is 2.15. The Hall–Kier alpha value is -3.57. The molecule has 8 nitrogen and oxygen atoms in total. The molecule has 1 amide bonds. The van der Waals surface area contributed by atoms with E-state index >= 15 is 0 Å². The van der Waals surface area contributed by atoms with Crippen LogP contribution in [0.15, 0.2) is 30.3 Å². The Morgan fingerprint density at radius 1 is 1.35 bits per heavy atom. The number of hydrogen-bond acceptors (Lipinski definition) is 6. The van der Waals surface area contributed by atoms with Gasteiger partial charge in [0, 0.05) is 32.3 Å². The van der Waals surface area contributed by atoms with E-state index in [1.165, 1.54) is 7.11 Å². The molecular formula is C22H20ClN5O3. The van der Waals surface area contributed by atoms with Crippen LogP contribution in [0.2, 0.25) is 5.15 Å². The first-order valence-electron chi connectivity index (χ1n) is 9.65. The highest BCUT2D eigenvalue weighted by Crippen LogP contribution is 2.30. The van der Waals surface area contributed by atoms with E-state index in [0.717, 1.165) is 18.5 Å². The van der Waals surface area contributed by atoms with Crippen LogP contribution in [-0.2, 0) is 9.53 Å². The summed E-state index contributed by atoms with van der Waals surface area (Å²) >= 11 is 6.20. The van der Waals surface area contributed by atoms with Crippen molar-refractivity contribution in [2.75, 3.05) is 33.1 Å². The predicted molar refractivity (Wildman–Crippen MR) is 117 cm³/mol. The molecule has 1 atom stereocenters. The SMILES string of the molecule is CNc1nc(Cl)cc2c1c(C(=O)OC)nn2-c1cccc(C#CC2CCN(C)C2=O)c1. The Kier molecular flexibility index (Phi) is 5.53. The monoisotopic (exact) mass is 437 g/mol. The van der Waals surface area contributed by atoms with Crippen LogP contribution in [-0.4, -0.2) is 59.3 Å². The average molecular weight is 438 g/mol. The maximum Gasteiger partial charge on any atom is 0.359 e. The molecule has 4 rings (SSSR count). The van der Waals surface area contributed by atoms with Gasteiger partial charge >= 0.3 is 5.97 Å². The molecule has 1 unspecified atom stereocenters. The molecule has 0 radical (unpaired) electrons. The summed E-state index contributed by atoms with van der Waals surface area (Å²) in [5, 5.41) is 8.19. The van der Waals surface area contributed by atoms with Crippen molar-refractivity contribution in [3.8, 4) is 17.5 Å². The largest absolute Gasteiger partial charge is 0.464 e. The van der Waals surface area contributed by atoms with Gasteiger partial charge in [-0.1, -0.05) is 29.5 Å². The number of amides is 1. The van der Waals surface area contributed by atoms with Gasteiger partial charge in [-0.3, -0.25) is 4.79 Å². The molecule has 1 N–H and O–H groups in total. The molecule has 9 heteroatoms. The van der Waals surface area contributed by atoms with Gasteiger partial charge in [0.25, 0.3) is 0 Å². The number of hydrogen-bond donors (Lipinski definition) is 1. The number of methoxy groups -OCH3 is 1. The fourth-order valence-electron chi connectivity index (χ4n) is 3.57. The summed E-state index contributed by atoms with van der Waals surface area (Å²) in [7, 11) is 4.77. The van der Waals surface area contributed by atoms with Crippen molar-refractivity contribution in [1.82, 2.24) is 19.7 Å². The zero-order chi connectivity index (χ0) is 22.1. The number of carbonyl (C=O) groups is 2. The molecular weight excluding hydrogens is 418 g/mol. The van der Waals surface area contributed by atoms with Gasteiger partial charge in [-0.25, -0.2) is 14.5 Å². The van der Waals surface area contributed by atoms with Crippen molar-refractivity contribution in [3.05, 3.63) is 46.7 Å². The fourth-order valence-corrected chi connectivity index (χ4v) is 3.75. The smallest absolute Gasteiger partial charge is 0.359 e. The highest BCUT2D eigenvalue weighted by atomic mass is 35.5. The third-order valence-corrected chi connectivity index (χ3v) is 5.35. The Morgan fingerprint density at radius 3 is 2.84 bits per heavy atom. The van der Waals surface area contributed by atoms with Gasteiger partial charge in [-0.15, -0.1) is 0 Å². The number of aromatic nitrogens is 3. The molecule has 1 fully saturated rings. The molecule has 1 saturated heterocycles. The summed E-state index contributed by atoms with van der Waals surface area (Å²) < 4.78 is 6.51. The third kappa shape index (κ3) is 3.80. The van der Waals surface area contributed by atoms with Crippen LogP contribution in [0, 0.1) is 17.8 Å². The number of halogens is 1. The van der Waals surface area contributed by atoms with Crippen LogP contribution in [0.4, 0.5) is 5.82 Å². The first-order chi connectivity index (χ1) is 14.9. The summed E-state index contributed by atoms with van der Waals surface area (Å²) in [6.07, 6.45) is 0.729. The predicted octanol–water partition coefficient (Wildman–Crippen LogP) is 2.73. The summed E-state index contributed by atoms with van der Waals surface area (Å²) in [4.78, 5) is 30.4. The van der Waals surface area contributed by atoms with E-state index in [1.54, 1.807) is 29.7 Å². The average Bonchev–Trinajstić information content (AvgIpc) is 3.31. The highest BCUT2D eigenvalue weighted by Gasteiger charge is 2.27. The van der Waals surface area contributed by atoms with Gasteiger partial charge in [0.05, 0.1) is 23.7 Å². The van der Waals surface area contributed by atoms with Crippen molar-refractivity contribution in [3.63, 3.8) is 0 Å². The first-order valence-corrected chi connectivity index (χ1v) is 10.0. The summed E-state index contributed by atoms with van der Waals surface area (Å²) in [5.74, 6) is 5.77. The van der Waals surface area contributed by atoms with E-state index in [4.69, 9.17) is 16.3 Å². The zero-order valence-electron chi connectivity index (χ0n) is 17.3. The van der Waals surface area contributed by atoms with Crippen LogP contribution in [0.5, 0.6) is 0 Å². The van der Waals surface area contributed by atoms with Crippen LogP contribution >= 0.6 is 11.6 Å². The topological polar surface area (TPSA) is 89.3 Å². The molecule has 1 aliphatic heterocycles. The molecule has 1 aliphatic rings. The minimum atomic E-state index is -0.579. The lowest BCUT2D eigenvalue weighted by Gasteiger charge is -2.06. The van der Waals surface area contributed by atoms with Crippen LogP contribution < -0.4 is 5.32 Å². The van der Waals surface area contributed by atoms with E-state index in [2.05, 4.69) is 27.2 Å². The number of rotatable bonds is 3. The standard InChI is InChI=1S/C22H20ClN5O3/c1-24-20-18-16(12-17(23)25-20)28(26-19(18)22(30)31-3)15-6-4-5-13(11-15)7-8-14-9-10-27(2)21(14)29/h4-6,11-12,14H,9-10H2,1-3H3,(H,24,25). The number of esters is 1. The van der Waals surface area contributed by atoms with E-state index in [1.807, 2.05) is 24.3 Å². The minimum absolute atomic E-state index is 0.0474. The van der Waals surface area contributed by atoms with Crippen molar-refractivity contribution in [2.24, 2.45) is 5.92 Å². The van der Waals surface area contributed by atoms with Gasteiger partial charge in [0.2, 0.25) is 5.91 Å². The molecule has 0 aliphatic carbocycles. The maximum atomic E-state index is 12.4. The highest BCUT2D eigenvalue weighted by molar-refractivity contribution is 6.30. The van der Waals surface area contributed by atoms with Gasteiger partial charge < -0.3 is 15.0 Å². The number of anilines is 1. The van der Waals surface area contributed by atoms with Crippen LogP contribution in [0.1, 0.15) is 22.5 Å². The Balaban J connectivity index is 1.81. The Bertz CT molecular complexity index is 1260. The molecule has 0 saturated carbocycles. The molecule has 0 spiro atoms. The molecule has 3 aromatic rings. The number of ether oxygens (including phenoxy) is 1. The number of benzene rings is 1. The molecule has 2 aromatic heterocycles. The molecule has 0 bridgehead atoms. The molecule has 1 aromatic carbocycles. The number of pyridine rings is 1. The second-order valence-corrected chi connectivity index (χ2v) is 7.50. The van der Waals surface area contributed by atoms with Crippen LogP contribution in [0.3, 0.4) is 0 Å². The molecule has 31 heavy (non-hydrogen) atoms. The second-order valence-electron chi connectivity index (χ2n) is 7.11. The number of carbonyl (C=O) groups excluding carboxylic acids is 2. The minimum Gasteiger partial charge on any atom is -0.464 e.